The zero-order valence-electron chi connectivity index (χ0n) is 12.0. The zero-order valence-corrected chi connectivity index (χ0v) is 12.0. The van der Waals surface area contributed by atoms with Gasteiger partial charge in [-0.25, -0.2) is 14.4 Å². The predicted molar refractivity (Wildman–Crippen MR) is 72.5 cm³/mol. The van der Waals surface area contributed by atoms with E-state index in [2.05, 4.69) is 45.1 Å². The molecule has 1 aromatic heterocycles. The average molecular weight is 314 g/mol. The minimum absolute atomic E-state index is 0.136. The maximum atomic E-state index is 11.3. The van der Waals surface area contributed by atoms with E-state index in [4.69, 9.17) is 0 Å². The number of aromatic nitrogens is 3. The summed E-state index contributed by atoms with van der Waals surface area (Å²) in [7, 11) is 2.28. The number of nitrogens with zero attached hydrogens (tertiary/aromatic N) is 3. The molecular formula is C10H14N6O6. The Labute approximate surface area is 124 Å². The quantitative estimate of drug-likeness (QED) is 0.684. The maximum Gasteiger partial charge on any atom is 0.414 e. The number of anilines is 3. The molecular weight excluding hydrogens is 300 g/mol. The molecule has 3 amide bonds. The molecule has 0 aliphatic carbocycles. The van der Waals surface area contributed by atoms with Gasteiger partial charge in [-0.05, 0) is 6.92 Å². The van der Waals surface area contributed by atoms with E-state index in [1.807, 2.05) is 0 Å². The van der Waals surface area contributed by atoms with Gasteiger partial charge in [0.1, 0.15) is 0 Å². The molecule has 1 aromatic rings. The van der Waals surface area contributed by atoms with Crippen LogP contribution in [-0.4, -0.2) is 54.1 Å². The van der Waals surface area contributed by atoms with Crippen LogP contribution in [0.2, 0.25) is 0 Å². The first kappa shape index (κ1) is 16.9. The fourth-order valence-corrected chi connectivity index (χ4v) is 1.09. The summed E-state index contributed by atoms with van der Waals surface area (Å²) >= 11 is 0. The molecule has 1 heterocycles. The van der Waals surface area contributed by atoms with E-state index >= 15 is 0 Å². The molecule has 3 N–H and O–H groups in total. The van der Waals surface area contributed by atoms with E-state index in [1.54, 1.807) is 6.92 Å². The molecule has 12 nitrogen and oxygen atoms in total. The van der Waals surface area contributed by atoms with Crippen molar-refractivity contribution in [2.24, 2.45) is 0 Å². The van der Waals surface area contributed by atoms with E-state index in [-0.39, 0.29) is 24.5 Å². The molecule has 0 aliphatic rings. The van der Waals surface area contributed by atoms with Gasteiger partial charge >= 0.3 is 18.3 Å². The molecule has 0 aliphatic heterocycles. The van der Waals surface area contributed by atoms with Gasteiger partial charge < -0.3 is 14.2 Å². The molecule has 0 fully saturated rings. The van der Waals surface area contributed by atoms with Crippen molar-refractivity contribution in [3.8, 4) is 0 Å². The van der Waals surface area contributed by atoms with Gasteiger partial charge in [0.05, 0.1) is 20.8 Å². The third-order valence-electron chi connectivity index (χ3n) is 1.92. The smallest absolute Gasteiger partial charge is 0.414 e. The van der Waals surface area contributed by atoms with Crippen LogP contribution in [0.3, 0.4) is 0 Å². The third kappa shape index (κ3) is 5.44. The number of carbonyl (C=O) groups excluding carboxylic acids is 3. The third-order valence-corrected chi connectivity index (χ3v) is 1.92. The summed E-state index contributed by atoms with van der Waals surface area (Å²) in [6, 6.07) is 0. The summed E-state index contributed by atoms with van der Waals surface area (Å²) in [5.74, 6) is -0.786. The van der Waals surface area contributed by atoms with Crippen LogP contribution in [0.4, 0.5) is 32.2 Å². The Morgan fingerprint density at radius 3 is 1.50 bits per heavy atom. The van der Waals surface area contributed by atoms with E-state index in [0.717, 1.165) is 14.2 Å². The summed E-state index contributed by atoms with van der Waals surface area (Å²) in [4.78, 5) is 44.8. The molecule has 0 spiro atoms. The number of hydrogen-bond acceptors (Lipinski definition) is 9. The highest BCUT2D eigenvalue weighted by Gasteiger charge is 2.14. The Morgan fingerprint density at radius 2 is 1.18 bits per heavy atom. The number of rotatable bonds is 4. The Bertz CT molecular complexity index is 529. The molecule has 0 bridgehead atoms. The lowest BCUT2D eigenvalue weighted by molar-refractivity contribution is 0.167. The monoisotopic (exact) mass is 314 g/mol. The predicted octanol–water partition coefficient (Wildman–Crippen LogP) is 0.797. The Hall–Kier alpha value is -3.18. The van der Waals surface area contributed by atoms with Crippen LogP contribution in [0.25, 0.3) is 0 Å². The second kappa shape index (κ2) is 8.18. The topological polar surface area (TPSA) is 154 Å². The van der Waals surface area contributed by atoms with Gasteiger partial charge in [-0.1, -0.05) is 0 Å². The molecule has 1 rings (SSSR count). The molecule has 12 heteroatoms. The van der Waals surface area contributed by atoms with E-state index in [0.29, 0.717) is 0 Å². The van der Waals surface area contributed by atoms with Gasteiger partial charge in [-0.15, -0.1) is 0 Å². The van der Waals surface area contributed by atoms with Gasteiger partial charge in [0.25, 0.3) is 0 Å². The molecule has 0 unspecified atom stereocenters. The Kier molecular flexibility index (Phi) is 6.28. The largest absolute Gasteiger partial charge is 0.453 e. The molecule has 22 heavy (non-hydrogen) atoms. The van der Waals surface area contributed by atoms with Crippen LogP contribution in [0.15, 0.2) is 0 Å². The second-order valence-electron chi connectivity index (χ2n) is 3.38. The van der Waals surface area contributed by atoms with Crippen LogP contribution in [-0.2, 0) is 14.2 Å². The van der Waals surface area contributed by atoms with Gasteiger partial charge in [0.15, 0.2) is 0 Å². The number of ether oxygens (including phenoxy) is 3. The van der Waals surface area contributed by atoms with Crippen LogP contribution >= 0.6 is 0 Å². The van der Waals surface area contributed by atoms with E-state index < -0.39 is 18.3 Å². The highest BCUT2D eigenvalue weighted by molar-refractivity contribution is 5.86. The summed E-state index contributed by atoms with van der Waals surface area (Å²) in [5, 5.41) is 6.52. The van der Waals surface area contributed by atoms with Gasteiger partial charge in [-0.2, -0.15) is 15.0 Å². The number of nitrogens with one attached hydrogen (secondary N) is 3. The van der Waals surface area contributed by atoms with Crippen molar-refractivity contribution in [3.63, 3.8) is 0 Å². The standard InChI is InChI=1S/C10H14N6O6/c1-4-22-10(19)16-7-12-5(14-8(17)20-2)11-6(13-7)15-9(18)21-3/h4H2,1-3H3,(H3,11,12,13,14,15,16,17,18,19). The zero-order chi connectivity index (χ0) is 16.5. The second-order valence-corrected chi connectivity index (χ2v) is 3.38. The van der Waals surface area contributed by atoms with Crippen LogP contribution < -0.4 is 16.0 Å². The summed E-state index contributed by atoms with van der Waals surface area (Å²) in [5.41, 5.74) is 0. The Balaban J connectivity index is 3.00. The SMILES string of the molecule is CCOC(=O)Nc1nc(NC(=O)OC)nc(NC(=O)OC)n1. The number of carbonyl (C=O) groups is 3. The lowest BCUT2D eigenvalue weighted by atomic mass is 10.7. The van der Waals surface area contributed by atoms with Crippen LogP contribution in [0.1, 0.15) is 6.92 Å². The lowest BCUT2D eigenvalue weighted by Gasteiger charge is -2.08. The van der Waals surface area contributed by atoms with Crippen molar-refractivity contribution < 1.29 is 28.6 Å². The first-order valence-corrected chi connectivity index (χ1v) is 5.88. The highest BCUT2D eigenvalue weighted by Crippen LogP contribution is 2.10. The van der Waals surface area contributed by atoms with Crippen LogP contribution in [0.5, 0.6) is 0 Å². The van der Waals surface area contributed by atoms with Crippen LogP contribution in [0, 0.1) is 0 Å². The normalized spacial score (nSPS) is 9.41. The van der Waals surface area contributed by atoms with Crippen molar-refractivity contribution in [2.75, 3.05) is 36.8 Å². The molecule has 0 aromatic carbocycles. The summed E-state index contributed by atoms with van der Waals surface area (Å²) in [6.45, 7) is 1.75. The van der Waals surface area contributed by atoms with Crippen molar-refractivity contribution in [2.45, 2.75) is 6.92 Å². The maximum absolute atomic E-state index is 11.3. The van der Waals surface area contributed by atoms with Crippen molar-refractivity contribution >= 4 is 36.1 Å². The van der Waals surface area contributed by atoms with Crippen molar-refractivity contribution in [3.05, 3.63) is 0 Å². The minimum Gasteiger partial charge on any atom is -0.453 e. The minimum atomic E-state index is -0.850. The molecule has 120 valence electrons. The summed E-state index contributed by atoms with van der Waals surface area (Å²) < 4.78 is 13.4. The Morgan fingerprint density at radius 1 is 0.818 bits per heavy atom. The molecule has 0 saturated carbocycles. The van der Waals surface area contributed by atoms with Gasteiger partial charge in [0.2, 0.25) is 17.8 Å². The molecule has 0 atom stereocenters. The van der Waals surface area contributed by atoms with Gasteiger partial charge in [0, 0.05) is 0 Å². The van der Waals surface area contributed by atoms with Crippen molar-refractivity contribution in [1.29, 1.82) is 0 Å². The number of amides is 3. The highest BCUT2D eigenvalue weighted by atomic mass is 16.6. The molecule has 0 radical (unpaired) electrons. The first-order chi connectivity index (χ1) is 10.5. The fraction of sp³-hybridized carbons (Fsp3) is 0.400. The van der Waals surface area contributed by atoms with E-state index in [1.165, 1.54) is 0 Å². The van der Waals surface area contributed by atoms with Crippen molar-refractivity contribution in [1.82, 2.24) is 15.0 Å². The fourth-order valence-electron chi connectivity index (χ4n) is 1.09. The average Bonchev–Trinajstić information content (AvgIpc) is 2.46. The summed E-state index contributed by atoms with van der Waals surface area (Å²) in [6.07, 6.45) is -2.52. The van der Waals surface area contributed by atoms with E-state index in [9.17, 15) is 14.4 Å². The number of methoxy groups -OCH3 is 2. The first-order valence-electron chi connectivity index (χ1n) is 5.88. The molecule has 0 saturated heterocycles. The van der Waals surface area contributed by atoms with Gasteiger partial charge in [-0.3, -0.25) is 16.0 Å². The number of hydrogen-bond donors (Lipinski definition) is 3. The lowest BCUT2D eigenvalue weighted by Crippen LogP contribution is -2.21.